The lowest BCUT2D eigenvalue weighted by atomic mass is 10.0. The van der Waals surface area contributed by atoms with E-state index in [0.29, 0.717) is 26.7 Å². The minimum absolute atomic E-state index is 0.399. The maximum Gasteiger partial charge on any atom is 0.328 e. The Kier molecular flexibility index (Phi) is 4.42. The normalized spacial score (nSPS) is 10.9. The van der Waals surface area contributed by atoms with Gasteiger partial charge in [-0.1, -0.05) is 29.3 Å². The second-order valence-corrected chi connectivity index (χ2v) is 4.86. The van der Waals surface area contributed by atoms with E-state index in [-0.39, 0.29) is 0 Å². The minimum Gasteiger partial charge on any atom is -0.478 e. The highest BCUT2D eigenvalue weighted by Crippen LogP contribution is 2.35. The van der Waals surface area contributed by atoms with Gasteiger partial charge in [0, 0.05) is 21.7 Å². The van der Waals surface area contributed by atoms with Crippen molar-refractivity contribution < 1.29 is 14.3 Å². The smallest absolute Gasteiger partial charge is 0.328 e. The first-order chi connectivity index (χ1) is 9.47. The van der Waals surface area contributed by atoms with Crippen LogP contribution < -0.4 is 0 Å². The van der Waals surface area contributed by atoms with Crippen molar-refractivity contribution in [3.05, 3.63) is 63.9 Å². The number of aliphatic carboxylic acids is 1. The average molecular weight is 311 g/mol. The second kappa shape index (κ2) is 6.07. The number of hydrogen-bond donors (Lipinski definition) is 1. The maximum absolute atomic E-state index is 13.6. The largest absolute Gasteiger partial charge is 0.478 e. The lowest BCUT2D eigenvalue weighted by molar-refractivity contribution is -0.131. The molecule has 2 aromatic carbocycles. The average Bonchev–Trinajstić information content (AvgIpc) is 2.35. The van der Waals surface area contributed by atoms with E-state index in [1.54, 1.807) is 24.3 Å². The van der Waals surface area contributed by atoms with Gasteiger partial charge in [0.2, 0.25) is 0 Å². The van der Waals surface area contributed by atoms with E-state index in [0.717, 1.165) is 6.08 Å². The molecule has 1 N–H and O–H groups in total. The highest BCUT2D eigenvalue weighted by Gasteiger charge is 2.10. The number of carbonyl (C=O) groups is 1. The number of benzene rings is 2. The Morgan fingerprint density at radius 3 is 2.40 bits per heavy atom. The summed E-state index contributed by atoms with van der Waals surface area (Å²) in [5.74, 6) is -1.60. The van der Waals surface area contributed by atoms with Gasteiger partial charge in [-0.05, 0) is 47.5 Å². The number of rotatable bonds is 3. The van der Waals surface area contributed by atoms with Crippen LogP contribution in [0.3, 0.4) is 0 Å². The maximum atomic E-state index is 13.6. The molecule has 0 bridgehead atoms. The van der Waals surface area contributed by atoms with Gasteiger partial charge in [0.25, 0.3) is 0 Å². The lowest BCUT2D eigenvalue weighted by Crippen LogP contribution is -1.88. The minimum atomic E-state index is -1.11. The van der Waals surface area contributed by atoms with Gasteiger partial charge in [-0.3, -0.25) is 0 Å². The van der Waals surface area contributed by atoms with Crippen LogP contribution in [0.25, 0.3) is 17.2 Å². The van der Waals surface area contributed by atoms with Gasteiger partial charge in [0.1, 0.15) is 5.82 Å². The first kappa shape index (κ1) is 14.6. The van der Waals surface area contributed by atoms with Crippen LogP contribution in [0, 0.1) is 5.82 Å². The summed E-state index contributed by atoms with van der Waals surface area (Å²) in [5.41, 5.74) is 1.42. The fourth-order valence-electron chi connectivity index (χ4n) is 1.79. The summed E-state index contributed by atoms with van der Waals surface area (Å²) in [5, 5.41) is 9.39. The van der Waals surface area contributed by atoms with Crippen molar-refractivity contribution in [1.29, 1.82) is 0 Å². The highest BCUT2D eigenvalue weighted by molar-refractivity contribution is 6.39. The molecule has 20 heavy (non-hydrogen) atoms. The van der Waals surface area contributed by atoms with Gasteiger partial charge < -0.3 is 5.11 Å². The van der Waals surface area contributed by atoms with Crippen LogP contribution in [0.5, 0.6) is 0 Å². The monoisotopic (exact) mass is 310 g/mol. The standard InChI is InChI=1S/C15H9Cl2FO2/c16-12-2-1-3-13(17)15(12)10-6-9(4-5-14(19)20)7-11(18)8-10/h1-8H,(H,19,20)/b5-4+. The van der Waals surface area contributed by atoms with Crippen molar-refractivity contribution in [3.63, 3.8) is 0 Å². The molecule has 2 aromatic rings. The van der Waals surface area contributed by atoms with Gasteiger partial charge in [-0.2, -0.15) is 0 Å². The van der Waals surface area contributed by atoms with Gasteiger partial charge >= 0.3 is 5.97 Å². The predicted octanol–water partition coefficient (Wildman–Crippen LogP) is 4.90. The van der Waals surface area contributed by atoms with Crippen LogP contribution in [-0.2, 0) is 4.79 Å². The van der Waals surface area contributed by atoms with E-state index in [2.05, 4.69) is 0 Å². The van der Waals surface area contributed by atoms with Crippen LogP contribution in [-0.4, -0.2) is 11.1 Å². The molecule has 102 valence electrons. The molecule has 0 aliphatic heterocycles. The van der Waals surface area contributed by atoms with E-state index in [9.17, 15) is 9.18 Å². The van der Waals surface area contributed by atoms with Gasteiger partial charge in [0.15, 0.2) is 0 Å². The molecule has 0 heterocycles. The van der Waals surface area contributed by atoms with E-state index in [4.69, 9.17) is 28.3 Å². The van der Waals surface area contributed by atoms with E-state index < -0.39 is 11.8 Å². The first-order valence-electron chi connectivity index (χ1n) is 5.63. The molecule has 0 saturated heterocycles. The number of carboxylic acid groups (broad SMARTS) is 1. The van der Waals surface area contributed by atoms with E-state index in [1.165, 1.54) is 18.2 Å². The lowest BCUT2D eigenvalue weighted by Gasteiger charge is -2.08. The molecule has 0 unspecified atom stereocenters. The molecule has 0 aliphatic rings. The summed E-state index contributed by atoms with van der Waals surface area (Å²) >= 11 is 12.2. The zero-order chi connectivity index (χ0) is 14.7. The summed E-state index contributed by atoms with van der Waals surface area (Å²) < 4.78 is 13.6. The molecular weight excluding hydrogens is 302 g/mol. The Morgan fingerprint density at radius 2 is 1.80 bits per heavy atom. The van der Waals surface area contributed by atoms with Crippen molar-refractivity contribution >= 4 is 35.2 Å². The first-order valence-corrected chi connectivity index (χ1v) is 6.39. The zero-order valence-electron chi connectivity index (χ0n) is 10.1. The number of carboxylic acids is 1. The van der Waals surface area contributed by atoms with Gasteiger partial charge in [0.05, 0.1) is 0 Å². The zero-order valence-corrected chi connectivity index (χ0v) is 11.6. The van der Waals surface area contributed by atoms with Crippen molar-refractivity contribution in [2.24, 2.45) is 0 Å². The molecule has 0 spiro atoms. The second-order valence-electron chi connectivity index (χ2n) is 4.04. The third-order valence-corrected chi connectivity index (χ3v) is 3.22. The molecule has 0 saturated carbocycles. The summed E-state index contributed by atoms with van der Waals surface area (Å²) in [4.78, 5) is 10.5. The topological polar surface area (TPSA) is 37.3 Å². The molecular formula is C15H9Cl2FO2. The van der Waals surface area contributed by atoms with Crippen LogP contribution in [0.1, 0.15) is 5.56 Å². The third kappa shape index (κ3) is 3.38. The molecule has 0 aromatic heterocycles. The van der Waals surface area contributed by atoms with Crippen molar-refractivity contribution in [1.82, 2.24) is 0 Å². The quantitative estimate of drug-likeness (QED) is 0.819. The van der Waals surface area contributed by atoms with Crippen molar-refractivity contribution in [2.75, 3.05) is 0 Å². The van der Waals surface area contributed by atoms with Crippen molar-refractivity contribution in [2.45, 2.75) is 0 Å². The Hall–Kier alpha value is -1.84. The Labute approximate surface area is 125 Å². The highest BCUT2D eigenvalue weighted by atomic mass is 35.5. The SMILES string of the molecule is O=C(O)/C=C/c1cc(F)cc(-c2c(Cl)cccc2Cl)c1. The summed E-state index contributed by atoms with van der Waals surface area (Å²) in [6.07, 6.45) is 2.24. The predicted molar refractivity (Wildman–Crippen MR) is 78.5 cm³/mol. The van der Waals surface area contributed by atoms with E-state index >= 15 is 0 Å². The Balaban J connectivity index is 2.55. The summed E-state index contributed by atoms with van der Waals surface area (Å²) in [6, 6.07) is 9.15. The van der Waals surface area contributed by atoms with Crippen molar-refractivity contribution in [3.8, 4) is 11.1 Å². The summed E-state index contributed by atoms with van der Waals surface area (Å²) in [7, 11) is 0. The number of hydrogen-bond acceptors (Lipinski definition) is 1. The van der Waals surface area contributed by atoms with Gasteiger partial charge in [-0.15, -0.1) is 0 Å². The molecule has 0 atom stereocenters. The Bertz CT molecular complexity index is 676. The van der Waals surface area contributed by atoms with Crippen LogP contribution >= 0.6 is 23.2 Å². The number of halogens is 3. The molecule has 0 radical (unpaired) electrons. The molecule has 2 rings (SSSR count). The fraction of sp³-hybridized carbons (Fsp3) is 0. The van der Waals surface area contributed by atoms with Crippen LogP contribution in [0.2, 0.25) is 10.0 Å². The molecule has 0 aliphatic carbocycles. The van der Waals surface area contributed by atoms with Crippen LogP contribution in [0.4, 0.5) is 4.39 Å². The fourth-order valence-corrected chi connectivity index (χ4v) is 2.41. The molecule has 5 heteroatoms. The van der Waals surface area contributed by atoms with Crippen LogP contribution in [0.15, 0.2) is 42.5 Å². The molecule has 0 amide bonds. The van der Waals surface area contributed by atoms with Gasteiger partial charge in [-0.25, -0.2) is 9.18 Å². The van der Waals surface area contributed by atoms with E-state index in [1.807, 2.05) is 0 Å². The third-order valence-electron chi connectivity index (χ3n) is 2.59. The Morgan fingerprint density at radius 1 is 1.15 bits per heavy atom. The molecule has 2 nitrogen and oxygen atoms in total. The molecule has 0 fully saturated rings. The summed E-state index contributed by atoms with van der Waals surface area (Å²) in [6.45, 7) is 0.